The van der Waals surface area contributed by atoms with Crippen molar-refractivity contribution < 1.29 is 13.9 Å². The Morgan fingerprint density at radius 2 is 2.22 bits per heavy atom. The second-order valence-electron chi connectivity index (χ2n) is 3.56. The Kier molecular flexibility index (Phi) is 3.67. The normalized spacial score (nSPS) is 10.4. The second kappa shape index (κ2) is 5.23. The molecule has 2 aromatic rings. The molecule has 0 saturated carbocycles. The summed E-state index contributed by atoms with van der Waals surface area (Å²) in [5, 5.41) is 1.40. The second-order valence-corrected chi connectivity index (χ2v) is 3.92. The van der Waals surface area contributed by atoms with Gasteiger partial charge in [0.1, 0.15) is 11.8 Å². The topological polar surface area (TPSA) is 31.4 Å². The molecule has 0 aliphatic heterocycles. The first-order chi connectivity index (χ1) is 8.65. The zero-order valence-corrected chi connectivity index (χ0v) is 10.5. The lowest BCUT2D eigenvalue weighted by atomic mass is 10.1. The van der Waals surface area contributed by atoms with E-state index in [0.717, 1.165) is 0 Å². The van der Waals surface area contributed by atoms with Gasteiger partial charge in [-0.1, -0.05) is 24.3 Å². The lowest BCUT2D eigenvalue weighted by Crippen LogP contribution is -1.96. The molecule has 0 fully saturated rings. The number of benzene rings is 1. The van der Waals surface area contributed by atoms with Crippen molar-refractivity contribution in [3.05, 3.63) is 41.8 Å². The number of hydrogen-bond acceptors (Lipinski definition) is 3. The summed E-state index contributed by atoms with van der Waals surface area (Å²) >= 11 is 5.98. The average Bonchev–Trinajstić information content (AvgIpc) is 2.36. The van der Waals surface area contributed by atoms with Gasteiger partial charge in [-0.25, -0.2) is 9.37 Å². The molecule has 1 heterocycles. The minimum atomic E-state index is -0.478. The number of pyridine rings is 1. The molecular formula is C13H11ClFNO2. The van der Waals surface area contributed by atoms with Gasteiger partial charge in [0.2, 0.25) is 5.88 Å². The van der Waals surface area contributed by atoms with Crippen LogP contribution in [0.3, 0.4) is 0 Å². The molecule has 0 bridgehead atoms. The summed E-state index contributed by atoms with van der Waals surface area (Å²) in [6.07, 6.45) is 1.60. The van der Waals surface area contributed by atoms with Crippen LogP contribution >= 0.6 is 11.6 Å². The molecular weight excluding hydrogens is 257 g/mol. The van der Waals surface area contributed by atoms with Crippen LogP contribution in [0.4, 0.5) is 4.39 Å². The summed E-state index contributed by atoms with van der Waals surface area (Å²) in [4.78, 5) is 4.02. The molecule has 1 aromatic heterocycles. The number of rotatable bonds is 4. The van der Waals surface area contributed by atoms with Crippen molar-refractivity contribution in [2.75, 3.05) is 13.7 Å². The Hall–Kier alpha value is -1.81. The van der Waals surface area contributed by atoms with Crippen LogP contribution in [0.25, 0.3) is 10.8 Å². The quantitative estimate of drug-likeness (QED) is 0.626. The lowest BCUT2D eigenvalue weighted by molar-refractivity contribution is 0.349. The first-order valence-electron chi connectivity index (χ1n) is 5.23. The van der Waals surface area contributed by atoms with Crippen molar-refractivity contribution in [1.82, 2.24) is 4.98 Å². The third-order valence-electron chi connectivity index (χ3n) is 2.38. The molecule has 94 valence electrons. The van der Waals surface area contributed by atoms with Crippen molar-refractivity contribution >= 4 is 22.4 Å². The van der Waals surface area contributed by atoms with E-state index in [4.69, 9.17) is 21.1 Å². The van der Waals surface area contributed by atoms with Gasteiger partial charge in [0.05, 0.1) is 7.11 Å². The molecule has 0 aliphatic rings. The Morgan fingerprint density at radius 3 is 2.89 bits per heavy atom. The fourth-order valence-electron chi connectivity index (χ4n) is 1.56. The molecule has 0 radical (unpaired) electrons. The Morgan fingerprint density at radius 1 is 1.44 bits per heavy atom. The van der Waals surface area contributed by atoms with Crippen LogP contribution in [-0.4, -0.2) is 18.7 Å². The third-order valence-corrected chi connectivity index (χ3v) is 2.67. The molecule has 0 aliphatic carbocycles. The van der Waals surface area contributed by atoms with Crippen LogP contribution in [-0.2, 0) is 0 Å². The highest BCUT2D eigenvalue weighted by atomic mass is 35.5. The first-order valence-corrected chi connectivity index (χ1v) is 5.61. The molecule has 0 amide bonds. The Bertz CT molecular complexity index is 601. The highest BCUT2D eigenvalue weighted by molar-refractivity contribution is 6.34. The molecule has 2 rings (SSSR count). The largest absolute Gasteiger partial charge is 0.494 e. The predicted octanol–water partition coefficient (Wildman–Crippen LogP) is 3.60. The van der Waals surface area contributed by atoms with E-state index < -0.39 is 5.82 Å². The number of fused-ring (bicyclic) bond motifs is 1. The van der Waals surface area contributed by atoms with Gasteiger partial charge in [-0.3, -0.25) is 0 Å². The SMILES string of the molecule is C=CCOc1cc2cc(OC)c(F)cc2c(Cl)n1. The van der Waals surface area contributed by atoms with Gasteiger partial charge in [0, 0.05) is 11.5 Å². The zero-order valence-electron chi connectivity index (χ0n) is 9.74. The van der Waals surface area contributed by atoms with Crippen LogP contribution in [0, 0.1) is 5.82 Å². The van der Waals surface area contributed by atoms with E-state index in [1.165, 1.54) is 13.2 Å². The summed E-state index contributed by atoms with van der Waals surface area (Å²) in [5.74, 6) is 0.0361. The van der Waals surface area contributed by atoms with Crippen LogP contribution in [0.5, 0.6) is 11.6 Å². The van der Waals surface area contributed by atoms with Gasteiger partial charge in [-0.05, 0) is 17.5 Å². The standard InChI is InChI=1S/C13H11ClFNO2/c1-3-4-18-12-6-8-5-11(17-2)10(15)7-9(8)13(14)16-12/h3,5-7H,1,4H2,2H3. The van der Waals surface area contributed by atoms with Crippen molar-refractivity contribution in [3.63, 3.8) is 0 Å². The average molecular weight is 268 g/mol. The Balaban J connectivity index is 2.56. The maximum Gasteiger partial charge on any atom is 0.215 e. The van der Waals surface area contributed by atoms with Crippen molar-refractivity contribution in [3.8, 4) is 11.6 Å². The van der Waals surface area contributed by atoms with E-state index in [9.17, 15) is 4.39 Å². The monoisotopic (exact) mass is 267 g/mol. The molecule has 0 spiro atoms. The summed E-state index contributed by atoms with van der Waals surface area (Å²) < 4.78 is 23.8. The minimum absolute atomic E-state index is 0.152. The summed E-state index contributed by atoms with van der Waals surface area (Å²) in [6, 6.07) is 4.52. The number of ether oxygens (including phenoxy) is 2. The summed E-state index contributed by atoms with van der Waals surface area (Å²) in [6.45, 7) is 3.87. The van der Waals surface area contributed by atoms with Gasteiger partial charge >= 0.3 is 0 Å². The van der Waals surface area contributed by atoms with E-state index in [1.807, 2.05) is 0 Å². The van der Waals surface area contributed by atoms with E-state index in [0.29, 0.717) is 23.3 Å². The minimum Gasteiger partial charge on any atom is -0.494 e. The summed E-state index contributed by atoms with van der Waals surface area (Å²) in [5.41, 5.74) is 0. The van der Waals surface area contributed by atoms with Crippen molar-refractivity contribution in [2.45, 2.75) is 0 Å². The molecule has 0 saturated heterocycles. The maximum absolute atomic E-state index is 13.5. The maximum atomic E-state index is 13.5. The molecule has 3 nitrogen and oxygen atoms in total. The van der Waals surface area contributed by atoms with Gasteiger partial charge in [0.15, 0.2) is 11.6 Å². The van der Waals surface area contributed by atoms with Crippen molar-refractivity contribution in [2.24, 2.45) is 0 Å². The van der Waals surface area contributed by atoms with Gasteiger partial charge in [-0.2, -0.15) is 0 Å². The van der Waals surface area contributed by atoms with Crippen LogP contribution < -0.4 is 9.47 Å². The first kappa shape index (κ1) is 12.6. The van der Waals surface area contributed by atoms with E-state index in [-0.39, 0.29) is 10.9 Å². The highest BCUT2D eigenvalue weighted by Crippen LogP contribution is 2.30. The number of methoxy groups -OCH3 is 1. The Labute approximate surface area is 109 Å². The van der Waals surface area contributed by atoms with Gasteiger partial charge in [0.25, 0.3) is 0 Å². The fraction of sp³-hybridized carbons (Fsp3) is 0.154. The van der Waals surface area contributed by atoms with Crippen molar-refractivity contribution in [1.29, 1.82) is 0 Å². The lowest BCUT2D eigenvalue weighted by Gasteiger charge is -2.08. The molecule has 0 atom stereocenters. The van der Waals surface area contributed by atoms with Gasteiger partial charge in [-0.15, -0.1) is 0 Å². The number of aromatic nitrogens is 1. The van der Waals surface area contributed by atoms with Gasteiger partial charge < -0.3 is 9.47 Å². The van der Waals surface area contributed by atoms with E-state index in [1.54, 1.807) is 18.2 Å². The third kappa shape index (κ3) is 2.38. The molecule has 1 aromatic carbocycles. The van der Waals surface area contributed by atoms with Crippen LogP contribution in [0.15, 0.2) is 30.9 Å². The zero-order chi connectivity index (χ0) is 13.1. The van der Waals surface area contributed by atoms with Crippen LogP contribution in [0.2, 0.25) is 5.15 Å². The molecule has 0 N–H and O–H groups in total. The smallest absolute Gasteiger partial charge is 0.215 e. The predicted molar refractivity (Wildman–Crippen MR) is 69.0 cm³/mol. The highest BCUT2D eigenvalue weighted by Gasteiger charge is 2.10. The molecule has 5 heteroatoms. The number of halogens is 2. The molecule has 0 unspecified atom stereocenters. The fourth-order valence-corrected chi connectivity index (χ4v) is 1.81. The van der Waals surface area contributed by atoms with Crippen LogP contribution in [0.1, 0.15) is 0 Å². The van der Waals surface area contributed by atoms with E-state index in [2.05, 4.69) is 11.6 Å². The molecule has 18 heavy (non-hydrogen) atoms. The summed E-state index contributed by atoms with van der Waals surface area (Å²) in [7, 11) is 1.40. The number of hydrogen-bond donors (Lipinski definition) is 0. The van der Waals surface area contributed by atoms with E-state index >= 15 is 0 Å². The number of nitrogens with zero attached hydrogens (tertiary/aromatic N) is 1.